The number of hydrogen-bond acceptors (Lipinski definition) is 4. The number of sulfonamides is 1. The van der Waals surface area contributed by atoms with Crippen molar-refractivity contribution < 1.29 is 13.2 Å². The number of amides is 1. The lowest BCUT2D eigenvalue weighted by Gasteiger charge is -2.11. The van der Waals surface area contributed by atoms with Crippen molar-refractivity contribution in [1.29, 1.82) is 0 Å². The van der Waals surface area contributed by atoms with E-state index in [0.29, 0.717) is 24.6 Å². The van der Waals surface area contributed by atoms with Crippen molar-refractivity contribution in [1.82, 2.24) is 4.72 Å². The van der Waals surface area contributed by atoms with Crippen molar-refractivity contribution >= 4 is 21.6 Å². The normalized spacial score (nSPS) is 24.6. The van der Waals surface area contributed by atoms with Gasteiger partial charge in [-0.15, -0.1) is 0 Å². The molecule has 2 atom stereocenters. The highest BCUT2D eigenvalue weighted by Crippen LogP contribution is 2.28. The summed E-state index contributed by atoms with van der Waals surface area (Å²) in [6.07, 6.45) is 4.59. The van der Waals surface area contributed by atoms with Crippen molar-refractivity contribution in [2.24, 2.45) is 17.6 Å². The molecule has 0 aliphatic heterocycles. The molecular formula is C16H23N3O3S. The van der Waals surface area contributed by atoms with Crippen LogP contribution in [0.2, 0.25) is 0 Å². The van der Waals surface area contributed by atoms with Crippen LogP contribution in [0.15, 0.2) is 29.2 Å². The van der Waals surface area contributed by atoms with E-state index in [4.69, 9.17) is 5.73 Å². The summed E-state index contributed by atoms with van der Waals surface area (Å²) in [5, 5.41) is 2.83. The maximum atomic E-state index is 12.1. The molecule has 2 aliphatic rings. The Labute approximate surface area is 136 Å². The third-order valence-corrected chi connectivity index (χ3v) is 5.97. The van der Waals surface area contributed by atoms with Crippen LogP contribution in [0.5, 0.6) is 0 Å². The van der Waals surface area contributed by atoms with Gasteiger partial charge in [0.15, 0.2) is 0 Å². The molecule has 23 heavy (non-hydrogen) atoms. The van der Waals surface area contributed by atoms with E-state index < -0.39 is 10.0 Å². The van der Waals surface area contributed by atoms with Gasteiger partial charge < -0.3 is 11.1 Å². The molecule has 0 radical (unpaired) electrons. The first kappa shape index (κ1) is 16.4. The van der Waals surface area contributed by atoms with Gasteiger partial charge in [-0.2, -0.15) is 0 Å². The quantitative estimate of drug-likeness (QED) is 0.731. The Morgan fingerprint density at radius 1 is 1.13 bits per heavy atom. The predicted octanol–water partition coefficient (Wildman–Crippen LogP) is 1.44. The van der Waals surface area contributed by atoms with E-state index in [1.807, 2.05) is 0 Å². The number of carbonyl (C=O) groups is 1. The third kappa shape index (κ3) is 4.31. The van der Waals surface area contributed by atoms with Crippen molar-refractivity contribution in [2.45, 2.75) is 43.0 Å². The monoisotopic (exact) mass is 337 g/mol. The Bertz CT molecular complexity index is 668. The van der Waals surface area contributed by atoms with E-state index in [1.165, 1.54) is 12.1 Å². The molecule has 2 fully saturated rings. The molecule has 6 nitrogen and oxygen atoms in total. The zero-order valence-corrected chi connectivity index (χ0v) is 13.8. The third-order valence-electron chi connectivity index (χ3n) is 4.54. The maximum absolute atomic E-state index is 12.1. The second-order valence-electron chi connectivity index (χ2n) is 6.58. The van der Waals surface area contributed by atoms with Crippen molar-refractivity contribution in [2.75, 3.05) is 11.9 Å². The van der Waals surface area contributed by atoms with E-state index in [9.17, 15) is 13.2 Å². The average Bonchev–Trinajstić information content (AvgIpc) is 3.25. The van der Waals surface area contributed by atoms with Gasteiger partial charge in [-0.25, -0.2) is 13.1 Å². The van der Waals surface area contributed by atoms with E-state index in [0.717, 1.165) is 25.7 Å². The number of rotatable bonds is 6. The van der Waals surface area contributed by atoms with Crippen LogP contribution in [0.1, 0.15) is 32.1 Å². The van der Waals surface area contributed by atoms with Gasteiger partial charge in [-0.05, 0) is 62.3 Å². The first-order valence-electron chi connectivity index (χ1n) is 8.10. The second-order valence-corrected chi connectivity index (χ2v) is 8.35. The highest BCUT2D eigenvalue weighted by molar-refractivity contribution is 7.89. The molecule has 0 aromatic heterocycles. The van der Waals surface area contributed by atoms with Crippen LogP contribution in [-0.2, 0) is 14.8 Å². The minimum atomic E-state index is -3.46. The van der Waals surface area contributed by atoms with Crippen LogP contribution >= 0.6 is 0 Å². The Morgan fingerprint density at radius 3 is 2.39 bits per heavy atom. The summed E-state index contributed by atoms with van der Waals surface area (Å²) >= 11 is 0. The number of nitrogens with one attached hydrogen (secondary N) is 2. The summed E-state index contributed by atoms with van der Waals surface area (Å²) < 4.78 is 26.9. The van der Waals surface area contributed by atoms with Gasteiger partial charge in [0.2, 0.25) is 15.9 Å². The van der Waals surface area contributed by atoms with Gasteiger partial charge >= 0.3 is 0 Å². The fraction of sp³-hybridized carbons (Fsp3) is 0.562. The summed E-state index contributed by atoms with van der Waals surface area (Å²) in [4.78, 5) is 12.4. The van der Waals surface area contributed by atoms with E-state index in [-0.39, 0.29) is 22.8 Å². The van der Waals surface area contributed by atoms with Gasteiger partial charge in [-0.1, -0.05) is 0 Å². The Morgan fingerprint density at radius 2 is 1.83 bits per heavy atom. The van der Waals surface area contributed by atoms with Crippen LogP contribution in [0.4, 0.5) is 5.69 Å². The molecule has 0 saturated heterocycles. The Balaban J connectivity index is 1.59. The van der Waals surface area contributed by atoms with Crippen molar-refractivity contribution in [3.05, 3.63) is 24.3 Å². The van der Waals surface area contributed by atoms with Crippen LogP contribution in [0.25, 0.3) is 0 Å². The second kappa shape index (κ2) is 6.59. The molecule has 4 N–H and O–H groups in total. The lowest BCUT2D eigenvalue weighted by Crippen LogP contribution is -2.26. The zero-order chi connectivity index (χ0) is 16.4. The maximum Gasteiger partial charge on any atom is 0.240 e. The standard InChI is InChI=1S/C16H23N3O3S/c17-13-4-3-12(9-13)16(20)19-14-5-7-15(8-6-14)23(21,22)18-10-11-1-2-11/h5-8,11-13,18H,1-4,9-10,17H2,(H,19,20). The van der Waals surface area contributed by atoms with Crippen LogP contribution in [-0.4, -0.2) is 26.9 Å². The predicted molar refractivity (Wildman–Crippen MR) is 88.3 cm³/mol. The number of anilines is 1. The molecule has 126 valence electrons. The summed E-state index contributed by atoms with van der Waals surface area (Å²) in [6.45, 7) is 0.503. The lowest BCUT2D eigenvalue weighted by molar-refractivity contribution is -0.119. The SMILES string of the molecule is NC1CCC(C(=O)Nc2ccc(S(=O)(=O)NCC3CC3)cc2)C1. The molecule has 2 aliphatic carbocycles. The molecule has 1 amide bonds. The van der Waals surface area contributed by atoms with Crippen molar-refractivity contribution in [3.63, 3.8) is 0 Å². The van der Waals surface area contributed by atoms with E-state index >= 15 is 0 Å². The minimum Gasteiger partial charge on any atom is -0.328 e. The molecule has 0 bridgehead atoms. The van der Waals surface area contributed by atoms with Crippen LogP contribution < -0.4 is 15.8 Å². The summed E-state index contributed by atoms with van der Waals surface area (Å²) in [7, 11) is -3.46. The zero-order valence-electron chi connectivity index (χ0n) is 13.0. The number of nitrogens with two attached hydrogens (primary N) is 1. The van der Waals surface area contributed by atoms with Crippen LogP contribution in [0.3, 0.4) is 0 Å². The molecule has 2 saturated carbocycles. The highest BCUT2D eigenvalue weighted by Gasteiger charge is 2.28. The highest BCUT2D eigenvalue weighted by atomic mass is 32.2. The van der Waals surface area contributed by atoms with Gasteiger partial charge in [0, 0.05) is 24.2 Å². The molecular weight excluding hydrogens is 314 g/mol. The average molecular weight is 337 g/mol. The van der Waals surface area contributed by atoms with Gasteiger partial charge in [0.25, 0.3) is 0 Å². The largest absolute Gasteiger partial charge is 0.328 e. The molecule has 2 unspecified atom stereocenters. The molecule has 1 aromatic rings. The Kier molecular flexibility index (Phi) is 4.70. The number of benzene rings is 1. The molecule has 3 rings (SSSR count). The van der Waals surface area contributed by atoms with Gasteiger partial charge in [-0.3, -0.25) is 4.79 Å². The first-order valence-corrected chi connectivity index (χ1v) is 9.58. The summed E-state index contributed by atoms with van der Waals surface area (Å²) in [6, 6.07) is 6.39. The molecule has 0 heterocycles. The topological polar surface area (TPSA) is 101 Å². The summed E-state index contributed by atoms with van der Waals surface area (Å²) in [5.74, 6) is 0.398. The van der Waals surface area contributed by atoms with Crippen LogP contribution in [0, 0.1) is 11.8 Å². The summed E-state index contributed by atoms with van der Waals surface area (Å²) in [5.41, 5.74) is 6.43. The fourth-order valence-corrected chi connectivity index (χ4v) is 3.97. The minimum absolute atomic E-state index is 0.0413. The fourth-order valence-electron chi connectivity index (χ4n) is 2.85. The first-order chi connectivity index (χ1) is 10.9. The number of hydrogen-bond donors (Lipinski definition) is 3. The molecule has 0 spiro atoms. The van der Waals surface area contributed by atoms with Crippen molar-refractivity contribution in [3.8, 4) is 0 Å². The van der Waals surface area contributed by atoms with E-state index in [2.05, 4.69) is 10.0 Å². The Hall–Kier alpha value is -1.44. The number of carbonyl (C=O) groups excluding carboxylic acids is 1. The smallest absolute Gasteiger partial charge is 0.240 e. The molecule has 1 aromatic carbocycles. The van der Waals surface area contributed by atoms with Gasteiger partial charge in [0.05, 0.1) is 4.90 Å². The van der Waals surface area contributed by atoms with Gasteiger partial charge in [0.1, 0.15) is 0 Å². The van der Waals surface area contributed by atoms with E-state index in [1.54, 1.807) is 12.1 Å². The lowest BCUT2D eigenvalue weighted by atomic mass is 10.1. The molecule has 7 heteroatoms.